The summed E-state index contributed by atoms with van der Waals surface area (Å²) in [6.45, 7) is 5.39. The number of aryl methyl sites for hydroxylation is 1. The van der Waals surface area contributed by atoms with Gasteiger partial charge in [-0.3, -0.25) is 0 Å². The highest BCUT2D eigenvalue weighted by Gasteiger charge is 2.14. The highest BCUT2D eigenvalue weighted by atomic mass is 16.5. The minimum Gasteiger partial charge on any atom is -0.497 e. The lowest BCUT2D eigenvalue weighted by atomic mass is 9.95. The van der Waals surface area contributed by atoms with Crippen LogP contribution >= 0.6 is 0 Å². The molecule has 0 aliphatic carbocycles. The van der Waals surface area contributed by atoms with Crippen LogP contribution in [0.1, 0.15) is 36.1 Å². The maximum Gasteiger partial charge on any atom is 0.119 e. The molecule has 2 aromatic carbocycles. The van der Waals surface area contributed by atoms with E-state index in [0.717, 1.165) is 25.1 Å². The quantitative estimate of drug-likeness (QED) is 0.818. The van der Waals surface area contributed by atoms with Gasteiger partial charge >= 0.3 is 0 Å². The van der Waals surface area contributed by atoms with Crippen molar-refractivity contribution >= 4 is 0 Å². The molecule has 1 unspecified atom stereocenters. The van der Waals surface area contributed by atoms with Crippen molar-refractivity contribution in [2.24, 2.45) is 0 Å². The standard InChI is InChI=1S/C19H25NO/c1-4-12-20-19(14-16-8-6-5-7-9-16)18-11-10-17(21-3)13-15(18)2/h5-11,13,19-20H,4,12,14H2,1-3H3. The lowest BCUT2D eigenvalue weighted by Gasteiger charge is -2.21. The molecule has 2 aromatic rings. The van der Waals surface area contributed by atoms with Crippen LogP contribution in [0.4, 0.5) is 0 Å². The summed E-state index contributed by atoms with van der Waals surface area (Å²) in [7, 11) is 1.71. The van der Waals surface area contributed by atoms with E-state index in [4.69, 9.17) is 4.74 Å². The van der Waals surface area contributed by atoms with Crippen molar-refractivity contribution in [2.45, 2.75) is 32.7 Å². The Labute approximate surface area is 128 Å². The highest BCUT2D eigenvalue weighted by molar-refractivity contribution is 5.37. The first-order valence-electron chi connectivity index (χ1n) is 7.66. The zero-order valence-electron chi connectivity index (χ0n) is 13.2. The third-order valence-electron chi connectivity index (χ3n) is 3.78. The lowest BCUT2D eigenvalue weighted by molar-refractivity contribution is 0.413. The smallest absolute Gasteiger partial charge is 0.119 e. The van der Waals surface area contributed by atoms with E-state index < -0.39 is 0 Å². The van der Waals surface area contributed by atoms with Gasteiger partial charge in [-0.1, -0.05) is 43.3 Å². The largest absolute Gasteiger partial charge is 0.497 e. The average Bonchev–Trinajstić information content (AvgIpc) is 2.52. The number of rotatable bonds is 7. The average molecular weight is 283 g/mol. The molecule has 0 aliphatic heterocycles. The second-order valence-corrected chi connectivity index (χ2v) is 5.42. The third-order valence-corrected chi connectivity index (χ3v) is 3.78. The van der Waals surface area contributed by atoms with Crippen LogP contribution in [0.3, 0.4) is 0 Å². The number of ether oxygens (including phenoxy) is 1. The van der Waals surface area contributed by atoms with Gasteiger partial charge in [0.05, 0.1) is 7.11 Å². The summed E-state index contributed by atoms with van der Waals surface area (Å²) in [5, 5.41) is 3.67. The summed E-state index contributed by atoms with van der Waals surface area (Å²) in [6.07, 6.45) is 2.15. The molecule has 0 bridgehead atoms. The van der Waals surface area contributed by atoms with E-state index in [0.29, 0.717) is 6.04 Å². The van der Waals surface area contributed by atoms with E-state index >= 15 is 0 Å². The molecule has 0 fully saturated rings. The molecule has 0 amide bonds. The second kappa shape index (κ2) is 7.84. The van der Waals surface area contributed by atoms with Crippen molar-refractivity contribution < 1.29 is 4.74 Å². The van der Waals surface area contributed by atoms with E-state index in [1.54, 1.807) is 7.11 Å². The first kappa shape index (κ1) is 15.6. The minimum atomic E-state index is 0.346. The molecule has 0 saturated heterocycles. The van der Waals surface area contributed by atoms with Crippen LogP contribution in [-0.2, 0) is 6.42 Å². The predicted molar refractivity (Wildman–Crippen MR) is 88.9 cm³/mol. The molecule has 0 saturated carbocycles. The van der Waals surface area contributed by atoms with Crippen molar-refractivity contribution in [3.05, 3.63) is 65.2 Å². The molecule has 0 aliphatic rings. The van der Waals surface area contributed by atoms with Gasteiger partial charge in [0.2, 0.25) is 0 Å². The Balaban J connectivity index is 2.22. The normalized spacial score (nSPS) is 12.1. The van der Waals surface area contributed by atoms with Gasteiger partial charge in [-0.25, -0.2) is 0 Å². The van der Waals surface area contributed by atoms with E-state index in [9.17, 15) is 0 Å². The molecular weight excluding hydrogens is 258 g/mol. The van der Waals surface area contributed by atoms with E-state index in [1.807, 2.05) is 6.07 Å². The Bertz CT molecular complexity index is 551. The molecule has 21 heavy (non-hydrogen) atoms. The summed E-state index contributed by atoms with van der Waals surface area (Å²) in [4.78, 5) is 0. The van der Waals surface area contributed by atoms with Gasteiger partial charge in [-0.15, -0.1) is 0 Å². The highest BCUT2D eigenvalue weighted by Crippen LogP contribution is 2.25. The fourth-order valence-corrected chi connectivity index (χ4v) is 2.63. The van der Waals surface area contributed by atoms with Crippen molar-refractivity contribution in [3.8, 4) is 5.75 Å². The zero-order chi connectivity index (χ0) is 15.1. The molecule has 1 N–H and O–H groups in total. The van der Waals surface area contributed by atoms with Crippen LogP contribution < -0.4 is 10.1 Å². The van der Waals surface area contributed by atoms with Crippen LogP contribution in [0.2, 0.25) is 0 Å². The van der Waals surface area contributed by atoms with Crippen LogP contribution in [0.25, 0.3) is 0 Å². The zero-order valence-corrected chi connectivity index (χ0v) is 13.2. The van der Waals surface area contributed by atoms with Gasteiger partial charge in [0, 0.05) is 6.04 Å². The number of hydrogen-bond acceptors (Lipinski definition) is 2. The molecule has 2 nitrogen and oxygen atoms in total. The summed E-state index contributed by atoms with van der Waals surface area (Å²) in [6, 6.07) is 17.4. The SMILES string of the molecule is CCCNC(Cc1ccccc1)c1ccc(OC)cc1C. The van der Waals surface area contributed by atoms with Crippen LogP contribution in [0, 0.1) is 6.92 Å². The van der Waals surface area contributed by atoms with Crippen molar-refractivity contribution in [2.75, 3.05) is 13.7 Å². The molecule has 0 radical (unpaired) electrons. The van der Waals surface area contributed by atoms with Crippen molar-refractivity contribution in [3.63, 3.8) is 0 Å². The van der Waals surface area contributed by atoms with Gasteiger partial charge in [-0.2, -0.15) is 0 Å². The predicted octanol–water partition coefficient (Wildman–Crippen LogP) is 4.29. The van der Waals surface area contributed by atoms with Crippen molar-refractivity contribution in [1.82, 2.24) is 5.32 Å². The Kier molecular flexibility index (Phi) is 5.82. The summed E-state index contributed by atoms with van der Waals surface area (Å²) in [5.41, 5.74) is 3.99. The molecule has 0 spiro atoms. The van der Waals surface area contributed by atoms with Gasteiger partial charge in [0.25, 0.3) is 0 Å². The minimum absolute atomic E-state index is 0.346. The van der Waals surface area contributed by atoms with Crippen LogP contribution in [0.5, 0.6) is 5.75 Å². The van der Waals surface area contributed by atoms with Gasteiger partial charge < -0.3 is 10.1 Å². The topological polar surface area (TPSA) is 21.3 Å². The first-order chi connectivity index (χ1) is 10.2. The molecular formula is C19H25NO. The van der Waals surface area contributed by atoms with Crippen LogP contribution in [0.15, 0.2) is 48.5 Å². The number of benzene rings is 2. The van der Waals surface area contributed by atoms with Crippen molar-refractivity contribution in [1.29, 1.82) is 0 Å². The first-order valence-corrected chi connectivity index (χ1v) is 7.66. The molecule has 112 valence electrons. The Morgan fingerprint density at radius 1 is 1.10 bits per heavy atom. The Hall–Kier alpha value is -1.80. The Morgan fingerprint density at radius 3 is 2.48 bits per heavy atom. The fourth-order valence-electron chi connectivity index (χ4n) is 2.63. The van der Waals surface area contributed by atoms with E-state index in [2.05, 4.69) is 61.6 Å². The summed E-state index contributed by atoms with van der Waals surface area (Å²) >= 11 is 0. The number of methoxy groups -OCH3 is 1. The van der Waals surface area contributed by atoms with Gasteiger partial charge in [0.15, 0.2) is 0 Å². The maximum atomic E-state index is 5.31. The lowest BCUT2D eigenvalue weighted by Crippen LogP contribution is -2.24. The third kappa shape index (κ3) is 4.33. The van der Waals surface area contributed by atoms with E-state index in [-0.39, 0.29) is 0 Å². The van der Waals surface area contributed by atoms with Gasteiger partial charge in [-0.05, 0) is 55.1 Å². The monoisotopic (exact) mass is 283 g/mol. The van der Waals surface area contributed by atoms with E-state index in [1.165, 1.54) is 16.7 Å². The summed E-state index contributed by atoms with van der Waals surface area (Å²) in [5.74, 6) is 0.921. The molecule has 0 aromatic heterocycles. The molecule has 2 rings (SSSR count). The Morgan fingerprint density at radius 2 is 1.86 bits per heavy atom. The number of hydrogen-bond donors (Lipinski definition) is 1. The molecule has 2 heteroatoms. The number of nitrogens with one attached hydrogen (secondary N) is 1. The maximum absolute atomic E-state index is 5.31. The van der Waals surface area contributed by atoms with Crippen LogP contribution in [-0.4, -0.2) is 13.7 Å². The van der Waals surface area contributed by atoms with Gasteiger partial charge in [0.1, 0.15) is 5.75 Å². The fraction of sp³-hybridized carbons (Fsp3) is 0.368. The molecule has 1 atom stereocenters. The second-order valence-electron chi connectivity index (χ2n) is 5.42. The molecule has 0 heterocycles. The summed E-state index contributed by atoms with van der Waals surface area (Å²) < 4.78 is 5.31.